The Bertz CT molecular complexity index is 720. The lowest BCUT2D eigenvalue weighted by Gasteiger charge is -2.22. The van der Waals surface area contributed by atoms with Crippen LogP contribution in [0.5, 0.6) is 0 Å². The van der Waals surface area contributed by atoms with Gasteiger partial charge in [-0.25, -0.2) is 0 Å². The van der Waals surface area contributed by atoms with Crippen LogP contribution in [0.1, 0.15) is 61.5 Å². The monoisotopic (exact) mass is 346 g/mol. The minimum Gasteiger partial charge on any atom is -0.380 e. The summed E-state index contributed by atoms with van der Waals surface area (Å²) < 4.78 is 9.25. The Kier molecular flexibility index (Phi) is 5.17. The van der Waals surface area contributed by atoms with Crippen molar-refractivity contribution < 1.29 is 9.53 Å². The Morgan fingerprint density at radius 3 is 2.76 bits per heavy atom. The number of likely N-dealkylation sites (tertiary alicyclic amines) is 1. The summed E-state index contributed by atoms with van der Waals surface area (Å²) in [7, 11) is 3.56. The molecule has 0 N–H and O–H groups in total. The summed E-state index contributed by atoms with van der Waals surface area (Å²) in [6.45, 7) is 4.79. The zero-order chi connectivity index (χ0) is 18.0. The van der Waals surface area contributed by atoms with E-state index in [2.05, 4.69) is 29.1 Å². The van der Waals surface area contributed by atoms with E-state index >= 15 is 0 Å². The van der Waals surface area contributed by atoms with Crippen molar-refractivity contribution in [3.63, 3.8) is 0 Å². The molecule has 2 aromatic heterocycles. The number of hydrogen-bond donors (Lipinski definition) is 0. The number of aryl methyl sites for hydroxylation is 1. The molecular weight excluding hydrogens is 320 g/mol. The van der Waals surface area contributed by atoms with E-state index in [0.717, 1.165) is 18.7 Å². The number of aromatic nitrogens is 5. The first-order valence-corrected chi connectivity index (χ1v) is 8.81. The molecule has 3 heterocycles. The van der Waals surface area contributed by atoms with Crippen LogP contribution >= 0.6 is 0 Å². The maximum Gasteiger partial charge on any atom is 0.275 e. The Balaban J connectivity index is 1.85. The van der Waals surface area contributed by atoms with Gasteiger partial charge in [-0.15, -0.1) is 10.2 Å². The second-order valence-corrected chi connectivity index (χ2v) is 6.52. The second kappa shape index (κ2) is 7.35. The van der Waals surface area contributed by atoms with Crippen LogP contribution in [-0.4, -0.2) is 55.1 Å². The van der Waals surface area contributed by atoms with Gasteiger partial charge in [0.15, 0.2) is 5.82 Å². The first-order valence-electron chi connectivity index (χ1n) is 8.81. The molecule has 25 heavy (non-hydrogen) atoms. The average molecular weight is 346 g/mol. The molecule has 1 amide bonds. The molecule has 0 spiro atoms. The topological polar surface area (TPSA) is 78.1 Å². The Morgan fingerprint density at radius 1 is 1.40 bits per heavy atom. The summed E-state index contributed by atoms with van der Waals surface area (Å²) in [5.41, 5.74) is 0.468. The fraction of sp³-hybridized carbons (Fsp3) is 0.647. The lowest BCUT2D eigenvalue weighted by atomic mass is 10.2. The van der Waals surface area contributed by atoms with Crippen LogP contribution in [0.3, 0.4) is 0 Å². The van der Waals surface area contributed by atoms with E-state index in [4.69, 9.17) is 4.74 Å². The molecule has 0 aliphatic carbocycles. The number of amides is 1. The van der Waals surface area contributed by atoms with Crippen molar-refractivity contribution in [2.45, 2.75) is 51.3 Å². The van der Waals surface area contributed by atoms with E-state index in [1.807, 2.05) is 22.5 Å². The van der Waals surface area contributed by atoms with Gasteiger partial charge in [0.1, 0.15) is 12.0 Å². The van der Waals surface area contributed by atoms with Crippen molar-refractivity contribution in [2.75, 3.05) is 13.7 Å². The number of rotatable bonds is 6. The van der Waals surface area contributed by atoms with E-state index in [9.17, 15) is 4.79 Å². The van der Waals surface area contributed by atoms with Gasteiger partial charge in [-0.1, -0.05) is 13.8 Å². The smallest absolute Gasteiger partial charge is 0.275 e. The lowest BCUT2D eigenvalue weighted by molar-refractivity contribution is 0.0676. The summed E-state index contributed by atoms with van der Waals surface area (Å²) >= 11 is 0. The van der Waals surface area contributed by atoms with Gasteiger partial charge in [0, 0.05) is 33.3 Å². The molecule has 1 aliphatic heterocycles. The number of carbonyl (C=O) groups is 1. The minimum absolute atomic E-state index is 0.00762. The first kappa shape index (κ1) is 17.6. The SMILES string of the molecule is CCC(CC)n1ccc(C(=O)N2C[C@H](OC)C[C@H]2c2nncn2C)n1. The van der Waals surface area contributed by atoms with Gasteiger partial charge in [0.25, 0.3) is 5.91 Å². The third-order valence-electron chi connectivity index (χ3n) is 5.05. The molecule has 3 rings (SSSR count). The first-order chi connectivity index (χ1) is 12.1. The van der Waals surface area contributed by atoms with Crippen LogP contribution in [0, 0.1) is 0 Å². The number of methoxy groups -OCH3 is 1. The van der Waals surface area contributed by atoms with E-state index in [-0.39, 0.29) is 18.1 Å². The summed E-state index contributed by atoms with van der Waals surface area (Å²) in [6, 6.07) is 1.97. The van der Waals surface area contributed by atoms with E-state index in [0.29, 0.717) is 24.7 Å². The van der Waals surface area contributed by atoms with E-state index < -0.39 is 0 Å². The zero-order valence-corrected chi connectivity index (χ0v) is 15.3. The second-order valence-electron chi connectivity index (χ2n) is 6.52. The zero-order valence-electron chi connectivity index (χ0n) is 15.3. The van der Waals surface area contributed by atoms with Crippen molar-refractivity contribution >= 4 is 5.91 Å². The van der Waals surface area contributed by atoms with Gasteiger partial charge in [-0.2, -0.15) is 5.10 Å². The van der Waals surface area contributed by atoms with Crippen molar-refractivity contribution in [2.24, 2.45) is 7.05 Å². The molecule has 0 unspecified atom stereocenters. The number of ether oxygens (including phenoxy) is 1. The van der Waals surface area contributed by atoms with Gasteiger partial charge in [-0.05, 0) is 18.9 Å². The standard InChI is InChI=1S/C17H26N6O2/c1-5-12(6-2)23-8-7-14(20-23)17(24)22-10-13(25-4)9-15(22)16-19-18-11-21(16)3/h7-8,11-13,15H,5-6,9-10H2,1-4H3/t13-,15+/m1/s1. The van der Waals surface area contributed by atoms with E-state index in [1.165, 1.54) is 0 Å². The molecule has 136 valence electrons. The van der Waals surface area contributed by atoms with Gasteiger partial charge in [0.2, 0.25) is 0 Å². The summed E-state index contributed by atoms with van der Waals surface area (Å²) in [5.74, 6) is 0.685. The lowest BCUT2D eigenvalue weighted by Crippen LogP contribution is -2.33. The number of carbonyl (C=O) groups excluding carboxylic acids is 1. The average Bonchev–Trinajstić information content (AvgIpc) is 3.34. The molecule has 0 radical (unpaired) electrons. The third kappa shape index (κ3) is 3.30. The van der Waals surface area contributed by atoms with Crippen molar-refractivity contribution in [3.8, 4) is 0 Å². The van der Waals surface area contributed by atoms with Crippen LogP contribution in [0.25, 0.3) is 0 Å². The molecule has 2 atom stereocenters. The van der Waals surface area contributed by atoms with Gasteiger partial charge >= 0.3 is 0 Å². The predicted octanol–water partition coefficient (Wildman–Crippen LogP) is 1.97. The van der Waals surface area contributed by atoms with Gasteiger partial charge in [-0.3, -0.25) is 9.48 Å². The van der Waals surface area contributed by atoms with Crippen LogP contribution < -0.4 is 0 Å². The Hall–Kier alpha value is -2.22. The van der Waals surface area contributed by atoms with Crippen molar-refractivity contribution in [1.29, 1.82) is 0 Å². The number of nitrogens with zero attached hydrogens (tertiary/aromatic N) is 6. The maximum absolute atomic E-state index is 13.1. The summed E-state index contributed by atoms with van der Waals surface area (Å²) in [6.07, 6.45) is 6.23. The minimum atomic E-state index is -0.150. The molecule has 0 saturated carbocycles. The normalized spacial score (nSPS) is 20.6. The highest BCUT2D eigenvalue weighted by Crippen LogP contribution is 2.33. The molecule has 1 aliphatic rings. The van der Waals surface area contributed by atoms with Crippen molar-refractivity contribution in [1.82, 2.24) is 29.4 Å². The highest BCUT2D eigenvalue weighted by Gasteiger charge is 2.39. The highest BCUT2D eigenvalue weighted by atomic mass is 16.5. The van der Waals surface area contributed by atoms with Crippen molar-refractivity contribution in [3.05, 3.63) is 30.1 Å². The maximum atomic E-state index is 13.1. The Labute approximate surface area is 147 Å². The van der Waals surface area contributed by atoms with Crippen LogP contribution in [0.2, 0.25) is 0 Å². The molecule has 1 saturated heterocycles. The van der Waals surface area contributed by atoms with Crippen LogP contribution in [0.15, 0.2) is 18.6 Å². The highest BCUT2D eigenvalue weighted by molar-refractivity contribution is 5.92. The largest absolute Gasteiger partial charge is 0.380 e. The number of hydrogen-bond acceptors (Lipinski definition) is 5. The van der Waals surface area contributed by atoms with Crippen LogP contribution in [-0.2, 0) is 11.8 Å². The predicted molar refractivity (Wildman–Crippen MR) is 92.0 cm³/mol. The molecule has 0 bridgehead atoms. The van der Waals surface area contributed by atoms with E-state index in [1.54, 1.807) is 24.4 Å². The fourth-order valence-electron chi connectivity index (χ4n) is 3.50. The Morgan fingerprint density at radius 2 is 2.16 bits per heavy atom. The fourth-order valence-corrected chi connectivity index (χ4v) is 3.50. The molecule has 8 heteroatoms. The molecule has 0 aromatic carbocycles. The molecule has 1 fully saturated rings. The molecule has 8 nitrogen and oxygen atoms in total. The quantitative estimate of drug-likeness (QED) is 0.799. The van der Waals surface area contributed by atoms with Gasteiger partial charge < -0.3 is 14.2 Å². The third-order valence-corrected chi connectivity index (χ3v) is 5.05. The van der Waals surface area contributed by atoms with Gasteiger partial charge in [0.05, 0.1) is 18.2 Å². The van der Waals surface area contributed by atoms with Crippen LogP contribution in [0.4, 0.5) is 0 Å². The summed E-state index contributed by atoms with van der Waals surface area (Å²) in [4.78, 5) is 14.9. The molecular formula is C17H26N6O2. The molecule has 2 aromatic rings. The summed E-state index contributed by atoms with van der Waals surface area (Å²) in [5, 5.41) is 12.7.